The summed E-state index contributed by atoms with van der Waals surface area (Å²) in [6.07, 6.45) is 0.871. The highest BCUT2D eigenvalue weighted by molar-refractivity contribution is 7.91. The van der Waals surface area contributed by atoms with Crippen LogP contribution in [-0.4, -0.2) is 79.5 Å². The third-order valence-electron chi connectivity index (χ3n) is 5.62. The van der Waals surface area contributed by atoms with Crippen molar-refractivity contribution in [2.24, 2.45) is 0 Å². The molecular formula is C22H33N3O5S. The Bertz CT molecular complexity index is 860. The van der Waals surface area contributed by atoms with Crippen molar-refractivity contribution < 1.29 is 22.7 Å². The van der Waals surface area contributed by atoms with E-state index in [1.54, 1.807) is 0 Å². The molecule has 1 unspecified atom stereocenters. The second kappa shape index (κ2) is 9.56. The number of carbonyl (C=O) groups is 2. The molecule has 172 valence electrons. The first-order valence-corrected chi connectivity index (χ1v) is 12.6. The molecule has 0 spiro atoms. The van der Waals surface area contributed by atoms with Crippen LogP contribution in [0.25, 0.3) is 0 Å². The number of hydrogen-bond donors (Lipinski definition) is 1. The number of rotatable bonds is 4. The van der Waals surface area contributed by atoms with Gasteiger partial charge in [0.05, 0.1) is 11.5 Å². The Morgan fingerprint density at radius 3 is 2.16 bits per heavy atom. The van der Waals surface area contributed by atoms with Crippen LogP contribution < -0.4 is 5.32 Å². The van der Waals surface area contributed by atoms with E-state index in [2.05, 4.69) is 5.32 Å². The summed E-state index contributed by atoms with van der Waals surface area (Å²) >= 11 is 0. The van der Waals surface area contributed by atoms with Gasteiger partial charge >= 0.3 is 6.09 Å². The molecule has 2 heterocycles. The lowest BCUT2D eigenvalue weighted by Gasteiger charge is -2.39. The molecule has 0 bridgehead atoms. The molecule has 2 aliphatic heterocycles. The summed E-state index contributed by atoms with van der Waals surface area (Å²) in [5.74, 6) is 0.137. The van der Waals surface area contributed by atoms with Crippen LogP contribution in [0, 0.1) is 0 Å². The van der Waals surface area contributed by atoms with E-state index in [9.17, 15) is 18.0 Å². The van der Waals surface area contributed by atoms with Crippen molar-refractivity contribution >= 4 is 21.8 Å². The van der Waals surface area contributed by atoms with E-state index >= 15 is 0 Å². The maximum atomic E-state index is 13.5. The highest BCUT2D eigenvalue weighted by atomic mass is 32.2. The van der Waals surface area contributed by atoms with Crippen molar-refractivity contribution in [2.45, 2.75) is 51.3 Å². The molecule has 0 radical (unpaired) electrons. The van der Waals surface area contributed by atoms with Gasteiger partial charge in [0.25, 0.3) is 0 Å². The number of ether oxygens (including phenoxy) is 1. The normalized spacial score (nSPS) is 21.3. The van der Waals surface area contributed by atoms with Crippen LogP contribution >= 0.6 is 0 Å². The van der Waals surface area contributed by atoms with Gasteiger partial charge in [0.15, 0.2) is 9.84 Å². The molecule has 1 N–H and O–H groups in total. The van der Waals surface area contributed by atoms with E-state index < -0.39 is 27.6 Å². The average molecular weight is 452 g/mol. The smallest absolute Gasteiger partial charge is 0.407 e. The second-order valence-corrected chi connectivity index (χ2v) is 11.6. The molecule has 0 saturated carbocycles. The quantitative estimate of drug-likeness (QED) is 0.752. The minimum absolute atomic E-state index is 0.0128. The van der Waals surface area contributed by atoms with Crippen LogP contribution in [0.3, 0.4) is 0 Å². The van der Waals surface area contributed by atoms with Gasteiger partial charge in [-0.15, -0.1) is 0 Å². The molecule has 2 fully saturated rings. The number of piperidine rings is 1. The predicted octanol–water partition coefficient (Wildman–Crippen LogP) is 1.97. The fourth-order valence-corrected chi connectivity index (χ4v) is 5.25. The summed E-state index contributed by atoms with van der Waals surface area (Å²) in [7, 11) is -3.03. The topological polar surface area (TPSA) is 96.0 Å². The zero-order valence-corrected chi connectivity index (χ0v) is 19.4. The molecule has 8 nitrogen and oxygen atoms in total. The average Bonchev–Trinajstić information content (AvgIpc) is 2.69. The van der Waals surface area contributed by atoms with Crippen LogP contribution in [0.15, 0.2) is 30.3 Å². The Kier molecular flexibility index (Phi) is 7.26. The number of benzene rings is 1. The molecule has 1 aromatic carbocycles. The van der Waals surface area contributed by atoms with Crippen LogP contribution in [-0.2, 0) is 19.4 Å². The molecule has 2 aliphatic rings. The Morgan fingerprint density at radius 1 is 1.03 bits per heavy atom. The SMILES string of the molecule is CC(C)(C)OC(=O)NC1CCN(C(=O)C(c2ccccc2)N2CCS(=O)(=O)CC2)CC1. The second-order valence-electron chi connectivity index (χ2n) is 9.25. The largest absolute Gasteiger partial charge is 0.444 e. The first-order valence-electron chi connectivity index (χ1n) is 10.8. The molecular weight excluding hydrogens is 418 g/mol. The Hall–Kier alpha value is -2.13. The lowest BCUT2D eigenvalue weighted by molar-refractivity contribution is -0.138. The Morgan fingerprint density at radius 2 is 1.61 bits per heavy atom. The van der Waals surface area contributed by atoms with E-state index in [1.807, 2.05) is 60.9 Å². The van der Waals surface area contributed by atoms with E-state index in [1.165, 1.54) is 0 Å². The monoisotopic (exact) mass is 451 g/mol. The molecule has 2 saturated heterocycles. The van der Waals surface area contributed by atoms with Gasteiger partial charge in [0.2, 0.25) is 5.91 Å². The molecule has 9 heteroatoms. The number of alkyl carbamates (subject to hydrolysis) is 1. The number of sulfone groups is 1. The number of amides is 2. The van der Waals surface area contributed by atoms with Crippen LogP contribution in [0.1, 0.15) is 45.2 Å². The molecule has 1 aromatic rings. The number of likely N-dealkylation sites (tertiary alicyclic amines) is 1. The van der Waals surface area contributed by atoms with Gasteiger partial charge in [0.1, 0.15) is 11.6 Å². The highest BCUT2D eigenvalue weighted by Gasteiger charge is 2.36. The van der Waals surface area contributed by atoms with Crippen LogP contribution in [0.5, 0.6) is 0 Å². The van der Waals surface area contributed by atoms with Crippen molar-refractivity contribution in [1.29, 1.82) is 0 Å². The Labute approximate surface area is 184 Å². The summed E-state index contributed by atoms with van der Waals surface area (Å²) in [6, 6.07) is 9.01. The minimum Gasteiger partial charge on any atom is -0.444 e. The van der Waals surface area contributed by atoms with Gasteiger partial charge < -0.3 is 15.0 Å². The molecule has 0 aliphatic carbocycles. The van der Waals surface area contributed by atoms with Crippen molar-refractivity contribution in [3.8, 4) is 0 Å². The van der Waals surface area contributed by atoms with Gasteiger partial charge in [-0.2, -0.15) is 0 Å². The maximum absolute atomic E-state index is 13.5. The standard InChI is InChI=1S/C22H33N3O5S/c1-22(2,3)30-21(27)23-18-9-11-25(12-10-18)20(26)19(17-7-5-4-6-8-17)24-13-15-31(28,29)16-14-24/h4-8,18-19H,9-16H2,1-3H3,(H,23,27). The molecule has 3 rings (SSSR count). The summed E-state index contributed by atoms with van der Waals surface area (Å²) in [5.41, 5.74) is 0.326. The zero-order valence-electron chi connectivity index (χ0n) is 18.5. The van der Waals surface area contributed by atoms with Crippen molar-refractivity contribution in [1.82, 2.24) is 15.1 Å². The van der Waals surface area contributed by atoms with Gasteiger partial charge in [-0.1, -0.05) is 30.3 Å². The summed E-state index contributed by atoms with van der Waals surface area (Å²) in [4.78, 5) is 29.3. The van der Waals surface area contributed by atoms with Crippen molar-refractivity contribution in [3.05, 3.63) is 35.9 Å². The van der Waals surface area contributed by atoms with Crippen molar-refractivity contribution in [3.63, 3.8) is 0 Å². The third kappa shape index (κ3) is 6.67. The van der Waals surface area contributed by atoms with Crippen LogP contribution in [0.4, 0.5) is 4.79 Å². The lowest BCUT2D eigenvalue weighted by atomic mass is 10.00. The van der Waals surface area contributed by atoms with E-state index in [0.29, 0.717) is 39.0 Å². The fourth-order valence-electron chi connectivity index (χ4n) is 4.02. The van der Waals surface area contributed by atoms with Crippen LogP contribution in [0.2, 0.25) is 0 Å². The number of nitrogens with one attached hydrogen (secondary N) is 1. The molecule has 1 atom stereocenters. The van der Waals surface area contributed by atoms with Gasteiger partial charge in [-0.05, 0) is 39.2 Å². The predicted molar refractivity (Wildman–Crippen MR) is 118 cm³/mol. The highest BCUT2D eigenvalue weighted by Crippen LogP contribution is 2.27. The van der Waals surface area contributed by atoms with E-state index in [4.69, 9.17) is 4.74 Å². The number of nitrogens with zero attached hydrogens (tertiary/aromatic N) is 2. The fraction of sp³-hybridized carbons (Fsp3) is 0.636. The summed E-state index contributed by atoms with van der Waals surface area (Å²) in [6.45, 7) is 7.24. The lowest BCUT2D eigenvalue weighted by Crippen LogP contribution is -2.52. The minimum atomic E-state index is -3.03. The van der Waals surface area contributed by atoms with Gasteiger partial charge in [-0.3, -0.25) is 9.69 Å². The van der Waals surface area contributed by atoms with Gasteiger partial charge in [-0.25, -0.2) is 13.2 Å². The zero-order chi connectivity index (χ0) is 22.6. The summed E-state index contributed by atoms with van der Waals surface area (Å²) < 4.78 is 29.1. The van der Waals surface area contributed by atoms with E-state index in [0.717, 1.165) is 5.56 Å². The first-order chi connectivity index (χ1) is 14.5. The van der Waals surface area contributed by atoms with Crippen molar-refractivity contribution in [2.75, 3.05) is 37.7 Å². The molecule has 0 aromatic heterocycles. The Balaban J connectivity index is 1.64. The molecule has 31 heavy (non-hydrogen) atoms. The number of hydrogen-bond acceptors (Lipinski definition) is 6. The van der Waals surface area contributed by atoms with E-state index in [-0.39, 0.29) is 23.5 Å². The number of carbonyl (C=O) groups excluding carboxylic acids is 2. The first kappa shape index (κ1) is 23.5. The third-order valence-corrected chi connectivity index (χ3v) is 7.23. The molecule has 2 amide bonds. The maximum Gasteiger partial charge on any atom is 0.407 e. The van der Waals surface area contributed by atoms with Gasteiger partial charge in [0, 0.05) is 32.2 Å². The summed E-state index contributed by atoms with van der Waals surface area (Å²) in [5, 5.41) is 2.89.